The number of carbonyl (C=O) groups is 1. The van der Waals surface area contributed by atoms with Crippen molar-refractivity contribution in [2.75, 3.05) is 11.1 Å². The minimum Gasteiger partial charge on any atom is -0.461 e. The molecule has 3 heterocycles. The van der Waals surface area contributed by atoms with Gasteiger partial charge in [-0.05, 0) is 18.2 Å². The van der Waals surface area contributed by atoms with Crippen molar-refractivity contribution in [3.05, 3.63) is 48.6 Å². The fourth-order valence-electron chi connectivity index (χ4n) is 2.48. The van der Waals surface area contributed by atoms with Gasteiger partial charge in [-0.3, -0.25) is 10.1 Å². The number of benzene rings is 1. The van der Waals surface area contributed by atoms with E-state index < -0.39 is 0 Å². The molecule has 3 aromatic heterocycles. The summed E-state index contributed by atoms with van der Waals surface area (Å²) in [6.07, 6.45) is 1.57. The van der Waals surface area contributed by atoms with Crippen LogP contribution < -0.4 is 5.32 Å². The summed E-state index contributed by atoms with van der Waals surface area (Å²) < 4.78 is 10.8. The Balaban J connectivity index is 1.52. The van der Waals surface area contributed by atoms with Crippen LogP contribution in [0.3, 0.4) is 0 Å². The number of nitrogens with zero attached hydrogens (tertiary/aromatic N) is 4. The molecule has 8 nitrogen and oxygen atoms in total. The Hall–Kier alpha value is -3.20. The van der Waals surface area contributed by atoms with Gasteiger partial charge in [0.2, 0.25) is 11.8 Å². The highest BCUT2D eigenvalue weighted by atomic mass is 32.2. The van der Waals surface area contributed by atoms with Crippen molar-refractivity contribution in [2.24, 2.45) is 0 Å². The van der Waals surface area contributed by atoms with E-state index in [9.17, 15) is 4.79 Å². The predicted octanol–water partition coefficient (Wildman–Crippen LogP) is 4.13. The van der Waals surface area contributed by atoms with E-state index in [1.165, 1.54) is 11.8 Å². The number of amides is 1. The summed E-state index contributed by atoms with van der Waals surface area (Å²) in [6.45, 7) is 3.87. The van der Waals surface area contributed by atoms with Crippen LogP contribution in [-0.4, -0.2) is 31.8 Å². The maximum absolute atomic E-state index is 12.3. The molecule has 0 aliphatic rings. The zero-order chi connectivity index (χ0) is 19.5. The third-order valence-electron chi connectivity index (χ3n) is 3.83. The zero-order valence-corrected chi connectivity index (χ0v) is 16.1. The molecule has 1 N–H and O–H groups in total. The van der Waals surface area contributed by atoms with Crippen LogP contribution >= 0.6 is 11.8 Å². The van der Waals surface area contributed by atoms with Gasteiger partial charge < -0.3 is 8.83 Å². The van der Waals surface area contributed by atoms with E-state index in [0.717, 1.165) is 10.9 Å². The molecule has 0 atom stereocenters. The average molecular weight is 395 g/mol. The maximum atomic E-state index is 12.3. The number of hydrogen-bond donors (Lipinski definition) is 1. The van der Waals surface area contributed by atoms with E-state index in [-0.39, 0.29) is 23.6 Å². The number of carbonyl (C=O) groups excluding carboxylic acids is 1. The minimum absolute atomic E-state index is 0.0955. The molecule has 0 aliphatic heterocycles. The molecule has 0 aliphatic carbocycles. The number of hydrogen-bond acceptors (Lipinski definition) is 8. The molecule has 0 fully saturated rings. The van der Waals surface area contributed by atoms with Crippen LogP contribution in [0, 0.1) is 0 Å². The summed E-state index contributed by atoms with van der Waals surface area (Å²) in [5, 5.41) is 11.9. The summed E-state index contributed by atoms with van der Waals surface area (Å²) >= 11 is 1.31. The summed E-state index contributed by atoms with van der Waals surface area (Å²) in [5.41, 5.74) is 0.783. The largest absolute Gasteiger partial charge is 0.461 e. The predicted molar refractivity (Wildman–Crippen MR) is 105 cm³/mol. The van der Waals surface area contributed by atoms with Crippen molar-refractivity contribution < 1.29 is 13.6 Å². The molecule has 9 heteroatoms. The standard InChI is InChI=1S/C19H17N5O3S/c1-11(2)17-23-24-19(27-17)21-15(25)10-28-18-12-6-3-4-7-13(12)20-16(22-18)14-8-5-9-26-14/h3-9,11H,10H2,1-2H3,(H,21,24,25). The van der Waals surface area contributed by atoms with E-state index in [0.29, 0.717) is 22.5 Å². The first-order chi connectivity index (χ1) is 13.6. The second-order valence-corrected chi connectivity index (χ2v) is 7.25. The number of para-hydroxylation sites is 1. The first-order valence-electron chi connectivity index (χ1n) is 8.67. The van der Waals surface area contributed by atoms with Crippen LogP contribution in [0.1, 0.15) is 25.7 Å². The summed E-state index contributed by atoms with van der Waals surface area (Å²) in [7, 11) is 0. The fourth-order valence-corrected chi connectivity index (χ4v) is 3.30. The molecular formula is C19H17N5O3S. The minimum atomic E-state index is -0.258. The number of anilines is 1. The number of nitrogens with one attached hydrogen (secondary N) is 1. The molecule has 142 valence electrons. The number of fused-ring (bicyclic) bond motifs is 1. The monoisotopic (exact) mass is 395 g/mol. The third-order valence-corrected chi connectivity index (χ3v) is 4.82. The average Bonchev–Trinajstić information content (AvgIpc) is 3.38. The molecule has 0 saturated heterocycles. The van der Waals surface area contributed by atoms with Crippen molar-refractivity contribution in [3.63, 3.8) is 0 Å². The molecule has 0 radical (unpaired) electrons. The molecule has 0 bridgehead atoms. The van der Waals surface area contributed by atoms with Gasteiger partial charge in [0.25, 0.3) is 0 Å². The van der Waals surface area contributed by atoms with Crippen LogP contribution in [0.2, 0.25) is 0 Å². The molecule has 4 rings (SSSR count). The molecule has 1 aromatic carbocycles. The lowest BCUT2D eigenvalue weighted by atomic mass is 10.2. The second-order valence-electron chi connectivity index (χ2n) is 6.28. The lowest BCUT2D eigenvalue weighted by molar-refractivity contribution is -0.113. The van der Waals surface area contributed by atoms with Crippen molar-refractivity contribution >= 4 is 34.6 Å². The molecule has 0 unspecified atom stereocenters. The Kier molecular flexibility index (Phi) is 5.07. The molecular weight excluding hydrogens is 378 g/mol. The van der Waals surface area contributed by atoms with Crippen molar-refractivity contribution in [3.8, 4) is 11.6 Å². The highest BCUT2D eigenvalue weighted by Crippen LogP contribution is 2.28. The zero-order valence-electron chi connectivity index (χ0n) is 15.2. The normalized spacial score (nSPS) is 11.2. The highest BCUT2D eigenvalue weighted by molar-refractivity contribution is 8.00. The van der Waals surface area contributed by atoms with Crippen LogP contribution in [0.5, 0.6) is 0 Å². The van der Waals surface area contributed by atoms with Gasteiger partial charge in [0, 0.05) is 11.3 Å². The van der Waals surface area contributed by atoms with E-state index in [1.54, 1.807) is 18.4 Å². The number of furan rings is 1. The Morgan fingerprint density at radius 3 is 2.75 bits per heavy atom. The third kappa shape index (κ3) is 3.89. The van der Waals surface area contributed by atoms with Crippen molar-refractivity contribution in [2.45, 2.75) is 24.8 Å². The lowest BCUT2D eigenvalue weighted by Crippen LogP contribution is -2.14. The number of aromatic nitrogens is 4. The first kappa shape index (κ1) is 18.2. The van der Waals surface area contributed by atoms with Gasteiger partial charge in [0.1, 0.15) is 5.03 Å². The van der Waals surface area contributed by atoms with Crippen LogP contribution in [0.25, 0.3) is 22.5 Å². The molecule has 0 spiro atoms. The van der Waals surface area contributed by atoms with Gasteiger partial charge in [0.15, 0.2) is 11.6 Å². The highest BCUT2D eigenvalue weighted by Gasteiger charge is 2.15. The summed E-state index contributed by atoms with van der Waals surface area (Å²) in [5.74, 6) is 1.51. The Morgan fingerprint density at radius 2 is 2.00 bits per heavy atom. The van der Waals surface area contributed by atoms with Crippen LogP contribution in [-0.2, 0) is 4.79 Å². The molecule has 28 heavy (non-hydrogen) atoms. The van der Waals surface area contributed by atoms with Crippen molar-refractivity contribution in [1.82, 2.24) is 20.2 Å². The Bertz CT molecular complexity index is 1110. The van der Waals surface area contributed by atoms with Crippen LogP contribution in [0.15, 0.2) is 56.5 Å². The van der Waals surface area contributed by atoms with E-state index in [4.69, 9.17) is 8.83 Å². The van der Waals surface area contributed by atoms with Crippen LogP contribution in [0.4, 0.5) is 6.01 Å². The van der Waals surface area contributed by atoms with Gasteiger partial charge in [-0.25, -0.2) is 9.97 Å². The Labute approximate surface area is 164 Å². The van der Waals surface area contributed by atoms with Gasteiger partial charge in [0.05, 0.1) is 17.5 Å². The smallest absolute Gasteiger partial charge is 0.322 e. The van der Waals surface area contributed by atoms with E-state index in [1.807, 2.05) is 38.1 Å². The number of thioether (sulfide) groups is 1. The SMILES string of the molecule is CC(C)c1nnc(NC(=O)CSc2nc(-c3ccco3)nc3ccccc23)o1. The van der Waals surface area contributed by atoms with Gasteiger partial charge in [-0.15, -0.1) is 5.10 Å². The maximum Gasteiger partial charge on any atom is 0.322 e. The van der Waals surface area contributed by atoms with E-state index in [2.05, 4.69) is 25.5 Å². The summed E-state index contributed by atoms with van der Waals surface area (Å²) in [6, 6.07) is 11.3. The topological polar surface area (TPSA) is 107 Å². The second kappa shape index (κ2) is 7.81. The fraction of sp³-hybridized carbons (Fsp3) is 0.211. The van der Waals surface area contributed by atoms with E-state index >= 15 is 0 Å². The van der Waals surface area contributed by atoms with Gasteiger partial charge >= 0.3 is 6.01 Å². The van der Waals surface area contributed by atoms with Crippen molar-refractivity contribution in [1.29, 1.82) is 0 Å². The molecule has 0 saturated carbocycles. The molecule has 1 amide bonds. The Morgan fingerprint density at radius 1 is 1.14 bits per heavy atom. The first-order valence-corrected chi connectivity index (χ1v) is 9.65. The lowest BCUT2D eigenvalue weighted by Gasteiger charge is -2.07. The van der Waals surface area contributed by atoms with Gasteiger partial charge in [-0.2, -0.15) is 0 Å². The number of rotatable bonds is 6. The molecule has 4 aromatic rings. The van der Waals surface area contributed by atoms with Gasteiger partial charge in [-0.1, -0.05) is 48.9 Å². The quantitative estimate of drug-likeness (QED) is 0.384. The summed E-state index contributed by atoms with van der Waals surface area (Å²) in [4.78, 5) is 21.4.